The van der Waals surface area contributed by atoms with E-state index in [1.165, 1.54) is 31.2 Å². The number of aliphatic imine (C=N–C) groups is 1. The van der Waals surface area contributed by atoms with Crippen LogP contribution in [0.25, 0.3) is 0 Å². The van der Waals surface area contributed by atoms with Gasteiger partial charge in [-0.2, -0.15) is 0 Å². The Hall–Kier alpha value is -1.31. The molecule has 0 saturated heterocycles. The molecular formula is C15H21NO. The van der Waals surface area contributed by atoms with Gasteiger partial charge in [0.2, 0.25) is 0 Å². The molecule has 0 radical (unpaired) electrons. The standard InChI is InChI=1S/C15H21NO/c1-3-17-15-10-6-13(7-11-15)12-4-8-14(16-2)9-5-12/h6-7,10-12,14H,2-5,8-9H2,1H3. The maximum absolute atomic E-state index is 5.46. The number of nitrogens with zero attached hydrogens (tertiary/aromatic N) is 1. The van der Waals surface area contributed by atoms with Crippen LogP contribution in [0.4, 0.5) is 0 Å². The fraction of sp³-hybridized carbons (Fsp3) is 0.533. The SMILES string of the molecule is C=NC1CCC(c2ccc(OCC)cc2)CC1. The molecule has 0 aliphatic heterocycles. The summed E-state index contributed by atoms with van der Waals surface area (Å²) in [5.74, 6) is 1.67. The lowest BCUT2D eigenvalue weighted by atomic mass is 9.82. The summed E-state index contributed by atoms with van der Waals surface area (Å²) >= 11 is 0. The van der Waals surface area contributed by atoms with Crippen molar-refractivity contribution in [3.05, 3.63) is 29.8 Å². The number of hydrogen-bond acceptors (Lipinski definition) is 2. The summed E-state index contributed by atoms with van der Waals surface area (Å²) in [6.07, 6.45) is 4.83. The molecule has 1 saturated carbocycles. The molecule has 17 heavy (non-hydrogen) atoms. The quantitative estimate of drug-likeness (QED) is 0.722. The van der Waals surface area contributed by atoms with Gasteiger partial charge in [-0.05, 0) is 62.9 Å². The minimum Gasteiger partial charge on any atom is -0.494 e. The molecule has 2 rings (SSSR count). The predicted octanol–water partition coefficient (Wildman–Crippen LogP) is 3.81. The Kier molecular flexibility index (Phi) is 4.18. The zero-order chi connectivity index (χ0) is 12.1. The van der Waals surface area contributed by atoms with E-state index in [-0.39, 0.29) is 0 Å². The second-order valence-electron chi connectivity index (χ2n) is 4.69. The monoisotopic (exact) mass is 231 g/mol. The second kappa shape index (κ2) is 5.85. The third-order valence-electron chi connectivity index (χ3n) is 3.62. The molecule has 1 aliphatic carbocycles. The predicted molar refractivity (Wildman–Crippen MR) is 72.2 cm³/mol. The molecule has 0 amide bonds. The summed E-state index contributed by atoms with van der Waals surface area (Å²) in [4.78, 5) is 4.14. The van der Waals surface area contributed by atoms with Crippen molar-refractivity contribution in [2.75, 3.05) is 6.61 Å². The molecule has 0 aromatic heterocycles. The summed E-state index contributed by atoms with van der Waals surface area (Å²) in [6, 6.07) is 9.07. The highest BCUT2D eigenvalue weighted by Gasteiger charge is 2.21. The number of hydrogen-bond donors (Lipinski definition) is 0. The Labute approximate surface area is 104 Å². The van der Waals surface area contributed by atoms with Gasteiger partial charge in [0.1, 0.15) is 5.75 Å². The molecule has 1 aliphatic rings. The maximum atomic E-state index is 5.46. The van der Waals surface area contributed by atoms with E-state index >= 15 is 0 Å². The molecule has 1 aromatic carbocycles. The van der Waals surface area contributed by atoms with Gasteiger partial charge in [0.15, 0.2) is 0 Å². The fourth-order valence-electron chi connectivity index (χ4n) is 2.59. The summed E-state index contributed by atoms with van der Waals surface area (Å²) in [5, 5.41) is 0. The van der Waals surface area contributed by atoms with Crippen LogP contribution in [0.3, 0.4) is 0 Å². The molecule has 0 bridgehead atoms. The molecule has 0 atom stereocenters. The summed E-state index contributed by atoms with van der Waals surface area (Å²) in [5.41, 5.74) is 1.44. The van der Waals surface area contributed by atoms with Gasteiger partial charge < -0.3 is 4.74 Å². The molecule has 2 heteroatoms. The van der Waals surface area contributed by atoms with E-state index in [0.717, 1.165) is 12.4 Å². The first kappa shape index (κ1) is 12.2. The summed E-state index contributed by atoms with van der Waals surface area (Å²) < 4.78 is 5.46. The van der Waals surface area contributed by atoms with Crippen molar-refractivity contribution < 1.29 is 4.74 Å². The first-order valence-corrected chi connectivity index (χ1v) is 6.52. The Bertz CT molecular complexity index is 350. The number of rotatable bonds is 4. The van der Waals surface area contributed by atoms with E-state index in [4.69, 9.17) is 4.74 Å². The number of benzene rings is 1. The average Bonchev–Trinajstić information content (AvgIpc) is 2.40. The molecule has 0 spiro atoms. The van der Waals surface area contributed by atoms with Crippen molar-refractivity contribution >= 4 is 6.72 Å². The van der Waals surface area contributed by atoms with Gasteiger partial charge in [0.25, 0.3) is 0 Å². The third kappa shape index (κ3) is 3.09. The second-order valence-corrected chi connectivity index (χ2v) is 4.69. The zero-order valence-corrected chi connectivity index (χ0v) is 10.6. The average molecular weight is 231 g/mol. The van der Waals surface area contributed by atoms with Crippen molar-refractivity contribution in [3.8, 4) is 5.75 Å². The summed E-state index contributed by atoms with van der Waals surface area (Å²) in [7, 11) is 0. The molecular weight excluding hydrogens is 210 g/mol. The minimum absolute atomic E-state index is 0.494. The van der Waals surface area contributed by atoms with E-state index in [1.54, 1.807) is 0 Å². The molecule has 0 unspecified atom stereocenters. The van der Waals surface area contributed by atoms with Gasteiger partial charge in [-0.15, -0.1) is 0 Å². The zero-order valence-electron chi connectivity index (χ0n) is 10.6. The first-order chi connectivity index (χ1) is 8.33. The summed E-state index contributed by atoms with van der Waals surface area (Å²) in [6.45, 7) is 6.39. The molecule has 1 aromatic rings. The van der Waals surface area contributed by atoms with Crippen LogP contribution in [0.5, 0.6) is 5.75 Å². The van der Waals surface area contributed by atoms with Gasteiger partial charge in [-0.25, -0.2) is 0 Å². The van der Waals surface area contributed by atoms with Crippen molar-refractivity contribution in [3.63, 3.8) is 0 Å². The van der Waals surface area contributed by atoms with Crippen LogP contribution in [0.2, 0.25) is 0 Å². The molecule has 1 fully saturated rings. The topological polar surface area (TPSA) is 21.6 Å². The molecule has 2 nitrogen and oxygen atoms in total. The number of ether oxygens (including phenoxy) is 1. The van der Waals surface area contributed by atoms with Gasteiger partial charge >= 0.3 is 0 Å². The van der Waals surface area contributed by atoms with Crippen LogP contribution in [-0.2, 0) is 0 Å². The van der Waals surface area contributed by atoms with Crippen molar-refractivity contribution in [1.82, 2.24) is 0 Å². The molecule has 92 valence electrons. The van der Waals surface area contributed by atoms with E-state index in [2.05, 4.69) is 36.0 Å². The highest BCUT2D eigenvalue weighted by atomic mass is 16.5. The Balaban J connectivity index is 1.96. The van der Waals surface area contributed by atoms with Crippen LogP contribution in [0.1, 0.15) is 44.1 Å². The Morgan fingerprint density at radius 2 is 1.82 bits per heavy atom. The van der Waals surface area contributed by atoms with Crippen LogP contribution in [0, 0.1) is 0 Å². The van der Waals surface area contributed by atoms with Crippen LogP contribution < -0.4 is 4.74 Å². The van der Waals surface area contributed by atoms with Crippen LogP contribution in [-0.4, -0.2) is 19.4 Å². The van der Waals surface area contributed by atoms with Crippen molar-refractivity contribution in [2.24, 2.45) is 4.99 Å². The smallest absolute Gasteiger partial charge is 0.119 e. The van der Waals surface area contributed by atoms with Gasteiger partial charge in [-0.1, -0.05) is 12.1 Å². The van der Waals surface area contributed by atoms with E-state index in [9.17, 15) is 0 Å². The fourth-order valence-corrected chi connectivity index (χ4v) is 2.59. The van der Waals surface area contributed by atoms with Crippen molar-refractivity contribution in [2.45, 2.75) is 44.6 Å². The van der Waals surface area contributed by atoms with E-state index in [0.29, 0.717) is 12.0 Å². The highest BCUT2D eigenvalue weighted by Crippen LogP contribution is 2.34. The van der Waals surface area contributed by atoms with Crippen LogP contribution in [0.15, 0.2) is 29.3 Å². The maximum Gasteiger partial charge on any atom is 0.119 e. The lowest BCUT2D eigenvalue weighted by molar-refractivity contribution is 0.339. The van der Waals surface area contributed by atoms with Crippen LogP contribution >= 0.6 is 0 Å². The third-order valence-corrected chi connectivity index (χ3v) is 3.62. The normalized spacial score (nSPS) is 24.3. The lowest BCUT2D eigenvalue weighted by Crippen LogP contribution is -2.15. The Morgan fingerprint density at radius 1 is 1.18 bits per heavy atom. The lowest BCUT2D eigenvalue weighted by Gasteiger charge is -2.26. The largest absolute Gasteiger partial charge is 0.494 e. The van der Waals surface area contributed by atoms with E-state index in [1.807, 2.05) is 6.92 Å². The highest BCUT2D eigenvalue weighted by molar-refractivity contribution is 5.30. The van der Waals surface area contributed by atoms with Gasteiger partial charge in [-0.3, -0.25) is 4.99 Å². The van der Waals surface area contributed by atoms with Gasteiger partial charge in [0, 0.05) is 6.04 Å². The Morgan fingerprint density at radius 3 is 2.35 bits per heavy atom. The molecule has 0 N–H and O–H groups in total. The van der Waals surface area contributed by atoms with Crippen molar-refractivity contribution in [1.29, 1.82) is 0 Å². The van der Waals surface area contributed by atoms with Gasteiger partial charge in [0.05, 0.1) is 6.61 Å². The first-order valence-electron chi connectivity index (χ1n) is 6.52. The molecule has 0 heterocycles. The van der Waals surface area contributed by atoms with E-state index < -0.39 is 0 Å². The minimum atomic E-state index is 0.494.